The number of benzene rings is 1. The number of likely N-dealkylation sites (N-methyl/N-ethyl adjacent to an activating group) is 1. The van der Waals surface area contributed by atoms with E-state index in [0.29, 0.717) is 18.0 Å². The van der Waals surface area contributed by atoms with Crippen LogP contribution in [-0.2, 0) is 11.3 Å². The molecule has 0 fully saturated rings. The first-order chi connectivity index (χ1) is 9.88. The van der Waals surface area contributed by atoms with E-state index in [0.717, 1.165) is 5.56 Å². The molecule has 1 aromatic rings. The quantitative estimate of drug-likeness (QED) is 0.806. The number of amides is 3. The molecular weight excluding hydrogens is 274 g/mol. The van der Waals surface area contributed by atoms with E-state index in [4.69, 9.17) is 15.2 Å². The number of primary amides is 1. The number of rotatable bonds is 6. The molecule has 0 heterocycles. The van der Waals surface area contributed by atoms with Gasteiger partial charge in [0.1, 0.15) is 11.5 Å². The largest absolute Gasteiger partial charge is 0.497 e. The van der Waals surface area contributed by atoms with Crippen molar-refractivity contribution in [3.63, 3.8) is 0 Å². The molecule has 0 bridgehead atoms. The summed E-state index contributed by atoms with van der Waals surface area (Å²) in [6.45, 7) is 2.16. The van der Waals surface area contributed by atoms with E-state index in [-0.39, 0.29) is 0 Å². The molecule has 116 valence electrons. The average Bonchev–Trinajstić information content (AvgIpc) is 2.45. The van der Waals surface area contributed by atoms with Crippen molar-refractivity contribution >= 4 is 11.9 Å². The van der Waals surface area contributed by atoms with E-state index >= 15 is 0 Å². The summed E-state index contributed by atoms with van der Waals surface area (Å²) in [5.74, 6) is 0.916. The van der Waals surface area contributed by atoms with Crippen LogP contribution in [0.1, 0.15) is 12.5 Å². The van der Waals surface area contributed by atoms with Crippen molar-refractivity contribution in [2.75, 3.05) is 21.3 Å². The van der Waals surface area contributed by atoms with E-state index in [1.165, 1.54) is 0 Å². The Balaban J connectivity index is 2.80. The zero-order chi connectivity index (χ0) is 16.0. The molecule has 3 N–H and O–H groups in total. The van der Waals surface area contributed by atoms with E-state index in [1.54, 1.807) is 39.2 Å². The molecule has 7 nitrogen and oxygen atoms in total. The maximum absolute atomic E-state index is 11.7. The Morgan fingerprint density at radius 3 is 2.52 bits per heavy atom. The molecule has 1 rings (SSSR count). The standard InChI is InChI=1S/C14H21N3O4/c1-9(13(18)16-14(15)19)17(2)8-10-5-6-11(20-3)7-12(10)21-4/h5-7,9H,8H2,1-4H3,(H3,15,16,18,19)/t9-/m1/s1. The van der Waals surface area contributed by atoms with Crippen molar-refractivity contribution in [2.24, 2.45) is 5.73 Å². The summed E-state index contributed by atoms with van der Waals surface area (Å²) in [5.41, 5.74) is 5.84. The summed E-state index contributed by atoms with van der Waals surface area (Å²) in [6, 6.07) is 4.09. The van der Waals surface area contributed by atoms with Gasteiger partial charge >= 0.3 is 6.03 Å². The van der Waals surface area contributed by atoms with Crippen molar-refractivity contribution < 1.29 is 19.1 Å². The first-order valence-corrected chi connectivity index (χ1v) is 6.40. The highest BCUT2D eigenvalue weighted by atomic mass is 16.5. The van der Waals surface area contributed by atoms with Crippen LogP contribution >= 0.6 is 0 Å². The summed E-state index contributed by atoms with van der Waals surface area (Å²) in [6.07, 6.45) is 0. The van der Waals surface area contributed by atoms with E-state index in [1.807, 2.05) is 12.1 Å². The van der Waals surface area contributed by atoms with E-state index in [2.05, 4.69) is 5.32 Å². The van der Waals surface area contributed by atoms with E-state index in [9.17, 15) is 9.59 Å². The molecule has 0 saturated carbocycles. The monoisotopic (exact) mass is 295 g/mol. The maximum atomic E-state index is 11.7. The first-order valence-electron chi connectivity index (χ1n) is 6.40. The van der Waals surface area contributed by atoms with Crippen LogP contribution in [0.5, 0.6) is 11.5 Å². The lowest BCUT2D eigenvalue weighted by Gasteiger charge is -2.24. The Labute approximate surface area is 124 Å². The predicted octanol–water partition coefficient (Wildman–Crippen LogP) is 0.719. The molecule has 1 atom stereocenters. The summed E-state index contributed by atoms with van der Waals surface area (Å²) in [4.78, 5) is 24.2. The lowest BCUT2D eigenvalue weighted by molar-refractivity contribution is -0.124. The van der Waals surface area contributed by atoms with E-state index < -0.39 is 18.0 Å². The van der Waals surface area contributed by atoms with Gasteiger partial charge in [-0.1, -0.05) is 6.07 Å². The fourth-order valence-corrected chi connectivity index (χ4v) is 1.81. The van der Waals surface area contributed by atoms with Crippen LogP contribution in [0.4, 0.5) is 4.79 Å². The van der Waals surface area contributed by atoms with Crippen molar-refractivity contribution in [1.82, 2.24) is 10.2 Å². The number of carbonyl (C=O) groups is 2. The number of imide groups is 1. The highest BCUT2D eigenvalue weighted by Crippen LogP contribution is 2.25. The number of ether oxygens (including phenoxy) is 2. The third-order valence-corrected chi connectivity index (χ3v) is 3.20. The average molecular weight is 295 g/mol. The third kappa shape index (κ3) is 4.64. The molecule has 0 unspecified atom stereocenters. The smallest absolute Gasteiger partial charge is 0.318 e. The van der Waals surface area contributed by atoms with Crippen LogP contribution in [0, 0.1) is 0 Å². The topological polar surface area (TPSA) is 93.9 Å². The van der Waals surface area contributed by atoms with Gasteiger partial charge in [0, 0.05) is 18.2 Å². The molecule has 0 aliphatic rings. The number of urea groups is 1. The molecule has 0 saturated heterocycles. The second-order valence-electron chi connectivity index (χ2n) is 4.62. The fourth-order valence-electron chi connectivity index (χ4n) is 1.81. The van der Waals surface area contributed by atoms with Gasteiger partial charge < -0.3 is 15.2 Å². The highest BCUT2D eigenvalue weighted by molar-refractivity contribution is 5.96. The predicted molar refractivity (Wildman–Crippen MR) is 78.2 cm³/mol. The molecule has 0 aromatic heterocycles. The second-order valence-corrected chi connectivity index (χ2v) is 4.62. The molecule has 0 spiro atoms. The molecular formula is C14H21N3O4. The lowest BCUT2D eigenvalue weighted by Crippen LogP contribution is -2.46. The number of hydrogen-bond acceptors (Lipinski definition) is 5. The van der Waals surface area contributed by atoms with Gasteiger partial charge in [-0.05, 0) is 20.0 Å². The van der Waals surface area contributed by atoms with Crippen molar-refractivity contribution in [3.05, 3.63) is 23.8 Å². The Morgan fingerprint density at radius 2 is 2.00 bits per heavy atom. The summed E-state index contributed by atoms with van der Waals surface area (Å²) in [5, 5.41) is 2.06. The van der Waals surface area contributed by atoms with Gasteiger partial charge in [0.05, 0.1) is 20.3 Å². The van der Waals surface area contributed by atoms with Crippen LogP contribution in [0.15, 0.2) is 18.2 Å². The van der Waals surface area contributed by atoms with Gasteiger partial charge in [0.25, 0.3) is 0 Å². The zero-order valence-electron chi connectivity index (χ0n) is 12.7. The van der Waals surface area contributed by atoms with Gasteiger partial charge in [-0.2, -0.15) is 0 Å². The molecule has 0 radical (unpaired) electrons. The maximum Gasteiger partial charge on any atom is 0.318 e. The van der Waals surface area contributed by atoms with Gasteiger partial charge in [0.15, 0.2) is 0 Å². The second kappa shape index (κ2) is 7.49. The number of nitrogens with zero attached hydrogens (tertiary/aromatic N) is 1. The highest BCUT2D eigenvalue weighted by Gasteiger charge is 2.20. The first kappa shape index (κ1) is 16.8. The SMILES string of the molecule is COc1ccc(CN(C)[C@H](C)C(=O)NC(N)=O)c(OC)c1. The number of methoxy groups -OCH3 is 2. The number of hydrogen-bond donors (Lipinski definition) is 2. The minimum absolute atomic E-state index is 0.447. The molecule has 3 amide bonds. The summed E-state index contributed by atoms with van der Waals surface area (Å²) < 4.78 is 10.4. The molecule has 7 heteroatoms. The Morgan fingerprint density at radius 1 is 1.33 bits per heavy atom. The van der Waals surface area contributed by atoms with Crippen molar-refractivity contribution in [2.45, 2.75) is 19.5 Å². The molecule has 1 aromatic carbocycles. The van der Waals surface area contributed by atoms with Gasteiger partial charge in [-0.3, -0.25) is 15.0 Å². The van der Waals surface area contributed by atoms with Crippen molar-refractivity contribution in [1.29, 1.82) is 0 Å². The molecule has 0 aliphatic heterocycles. The minimum Gasteiger partial charge on any atom is -0.497 e. The zero-order valence-corrected chi connectivity index (χ0v) is 12.7. The Hall–Kier alpha value is -2.28. The minimum atomic E-state index is -0.859. The van der Waals surface area contributed by atoms with Crippen LogP contribution < -0.4 is 20.5 Å². The van der Waals surface area contributed by atoms with Crippen LogP contribution in [0.3, 0.4) is 0 Å². The number of nitrogens with two attached hydrogens (primary N) is 1. The number of carbonyl (C=O) groups excluding carboxylic acids is 2. The van der Waals surface area contributed by atoms with Gasteiger partial charge in [-0.25, -0.2) is 4.79 Å². The van der Waals surface area contributed by atoms with Crippen LogP contribution in [0.2, 0.25) is 0 Å². The molecule has 21 heavy (non-hydrogen) atoms. The van der Waals surface area contributed by atoms with Crippen molar-refractivity contribution in [3.8, 4) is 11.5 Å². The fraction of sp³-hybridized carbons (Fsp3) is 0.429. The summed E-state index contributed by atoms with van der Waals surface area (Å²) in [7, 11) is 4.92. The van der Waals surface area contributed by atoms with Gasteiger partial charge in [0.2, 0.25) is 5.91 Å². The lowest BCUT2D eigenvalue weighted by atomic mass is 10.1. The normalized spacial score (nSPS) is 11.9. The summed E-state index contributed by atoms with van der Waals surface area (Å²) >= 11 is 0. The van der Waals surface area contributed by atoms with Crippen LogP contribution in [-0.4, -0.2) is 44.1 Å². The Bertz CT molecular complexity index is 519. The van der Waals surface area contributed by atoms with Gasteiger partial charge in [-0.15, -0.1) is 0 Å². The third-order valence-electron chi connectivity index (χ3n) is 3.20. The number of nitrogens with one attached hydrogen (secondary N) is 1. The molecule has 0 aliphatic carbocycles. The Kier molecular flexibility index (Phi) is 5.98. The van der Waals surface area contributed by atoms with Crippen LogP contribution in [0.25, 0.3) is 0 Å².